The average molecular weight is 277 g/mol. The molecule has 1 aromatic rings. The van der Waals surface area contributed by atoms with Crippen LogP contribution < -0.4 is 10.2 Å². The first kappa shape index (κ1) is 15.3. The predicted octanol–water partition coefficient (Wildman–Crippen LogP) is 2.76. The van der Waals surface area contributed by atoms with Gasteiger partial charge in [-0.05, 0) is 44.9 Å². The van der Waals surface area contributed by atoms with E-state index in [1.807, 2.05) is 6.20 Å². The van der Waals surface area contributed by atoms with Crippen LogP contribution in [0.1, 0.15) is 45.2 Å². The van der Waals surface area contributed by atoms with Gasteiger partial charge >= 0.3 is 0 Å². The summed E-state index contributed by atoms with van der Waals surface area (Å²) >= 11 is 0. The van der Waals surface area contributed by atoms with Crippen LogP contribution in [0.2, 0.25) is 0 Å². The minimum Gasteiger partial charge on any atom is -0.378 e. The number of ether oxygens (including phenoxy) is 1. The molecule has 1 aliphatic heterocycles. The molecular weight excluding hydrogens is 250 g/mol. The van der Waals surface area contributed by atoms with Crippen LogP contribution in [0.4, 0.5) is 5.82 Å². The number of pyridine rings is 1. The Labute approximate surface area is 122 Å². The van der Waals surface area contributed by atoms with Gasteiger partial charge in [-0.1, -0.05) is 13.0 Å². The highest BCUT2D eigenvalue weighted by atomic mass is 16.5. The molecule has 1 unspecified atom stereocenters. The Morgan fingerprint density at radius 2 is 2.10 bits per heavy atom. The number of rotatable bonds is 6. The van der Waals surface area contributed by atoms with Gasteiger partial charge < -0.3 is 15.0 Å². The SMILES string of the molecule is CCNC(C)c1ccc(N2CCC(OCC)CC2)nc1. The first-order chi connectivity index (χ1) is 9.74. The van der Waals surface area contributed by atoms with Crippen molar-refractivity contribution in [1.82, 2.24) is 10.3 Å². The Morgan fingerprint density at radius 3 is 2.65 bits per heavy atom. The standard InChI is InChI=1S/C16H27N3O/c1-4-17-13(3)14-6-7-16(18-12-14)19-10-8-15(9-11-19)20-5-2/h6-7,12-13,15,17H,4-5,8-11H2,1-3H3. The van der Waals surface area contributed by atoms with Gasteiger partial charge in [-0.25, -0.2) is 4.98 Å². The lowest BCUT2D eigenvalue weighted by Gasteiger charge is -2.32. The van der Waals surface area contributed by atoms with Crippen molar-refractivity contribution in [2.75, 3.05) is 31.1 Å². The number of piperidine rings is 1. The van der Waals surface area contributed by atoms with E-state index in [4.69, 9.17) is 4.74 Å². The van der Waals surface area contributed by atoms with E-state index in [1.165, 1.54) is 5.56 Å². The fourth-order valence-corrected chi connectivity index (χ4v) is 2.75. The molecule has 0 spiro atoms. The molecule has 112 valence electrons. The van der Waals surface area contributed by atoms with E-state index in [0.717, 1.165) is 44.9 Å². The molecule has 0 aliphatic carbocycles. The number of aromatic nitrogens is 1. The molecule has 2 rings (SSSR count). The maximum absolute atomic E-state index is 5.69. The summed E-state index contributed by atoms with van der Waals surface area (Å²) in [7, 11) is 0. The van der Waals surface area contributed by atoms with Gasteiger partial charge in [0.05, 0.1) is 6.10 Å². The molecule has 1 aromatic heterocycles. The van der Waals surface area contributed by atoms with Crippen molar-refractivity contribution in [1.29, 1.82) is 0 Å². The van der Waals surface area contributed by atoms with Gasteiger partial charge in [-0.3, -0.25) is 0 Å². The largest absolute Gasteiger partial charge is 0.378 e. The van der Waals surface area contributed by atoms with Crippen LogP contribution in [0.15, 0.2) is 18.3 Å². The van der Waals surface area contributed by atoms with Crippen molar-refractivity contribution in [2.24, 2.45) is 0 Å². The number of hydrogen-bond donors (Lipinski definition) is 1. The Bertz CT molecular complexity index is 385. The smallest absolute Gasteiger partial charge is 0.128 e. The van der Waals surface area contributed by atoms with Gasteiger partial charge in [0, 0.05) is 31.9 Å². The molecule has 4 nitrogen and oxygen atoms in total. The zero-order valence-corrected chi connectivity index (χ0v) is 12.9. The van der Waals surface area contributed by atoms with Gasteiger partial charge in [-0.2, -0.15) is 0 Å². The highest BCUT2D eigenvalue weighted by Gasteiger charge is 2.20. The van der Waals surface area contributed by atoms with Crippen molar-refractivity contribution < 1.29 is 4.74 Å². The van der Waals surface area contributed by atoms with Gasteiger partial charge in [0.1, 0.15) is 5.82 Å². The molecular formula is C16H27N3O. The molecule has 4 heteroatoms. The van der Waals surface area contributed by atoms with Gasteiger partial charge in [0.2, 0.25) is 0 Å². The molecule has 0 amide bonds. The lowest BCUT2D eigenvalue weighted by molar-refractivity contribution is 0.0458. The normalized spacial score (nSPS) is 18.2. The number of nitrogens with one attached hydrogen (secondary N) is 1. The second-order valence-electron chi connectivity index (χ2n) is 5.37. The van der Waals surface area contributed by atoms with E-state index in [-0.39, 0.29) is 0 Å². The Balaban J connectivity index is 1.91. The third-order valence-corrected chi connectivity index (χ3v) is 3.95. The molecule has 0 bridgehead atoms. The zero-order chi connectivity index (χ0) is 14.4. The summed E-state index contributed by atoms with van der Waals surface area (Å²) in [6, 6.07) is 4.69. The molecule has 1 atom stereocenters. The minimum atomic E-state index is 0.366. The molecule has 2 heterocycles. The van der Waals surface area contributed by atoms with E-state index in [2.05, 4.69) is 48.1 Å². The molecule has 1 fully saturated rings. The topological polar surface area (TPSA) is 37.4 Å². The van der Waals surface area contributed by atoms with Crippen molar-refractivity contribution in [3.8, 4) is 0 Å². The van der Waals surface area contributed by atoms with E-state index in [0.29, 0.717) is 12.1 Å². The quantitative estimate of drug-likeness (QED) is 0.867. The van der Waals surface area contributed by atoms with Crippen LogP contribution in [-0.4, -0.2) is 37.3 Å². The Kier molecular flexibility index (Phi) is 5.80. The van der Waals surface area contributed by atoms with E-state index < -0.39 is 0 Å². The van der Waals surface area contributed by atoms with Gasteiger partial charge in [-0.15, -0.1) is 0 Å². The maximum Gasteiger partial charge on any atom is 0.128 e. The lowest BCUT2D eigenvalue weighted by Crippen LogP contribution is -2.37. The van der Waals surface area contributed by atoms with Crippen molar-refractivity contribution in [2.45, 2.75) is 45.8 Å². The first-order valence-corrected chi connectivity index (χ1v) is 7.80. The lowest BCUT2D eigenvalue weighted by atomic mass is 10.1. The van der Waals surface area contributed by atoms with Crippen LogP contribution in [0.3, 0.4) is 0 Å². The van der Waals surface area contributed by atoms with Gasteiger partial charge in [0.15, 0.2) is 0 Å². The molecule has 0 aromatic carbocycles. The van der Waals surface area contributed by atoms with Crippen molar-refractivity contribution >= 4 is 5.82 Å². The highest BCUT2D eigenvalue weighted by Crippen LogP contribution is 2.21. The zero-order valence-electron chi connectivity index (χ0n) is 12.9. The second-order valence-corrected chi connectivity index (χ2v) is 5.37. The van der Waals surface area contributed by atoms with Crippen LogP contribution in [0.5, 0.6) is 0 Å². The molecule has 1 N–H and O–H groups in total. The van der Waals surface area contributed by atoms with Crippen molar-refractivity contribution in [3.63, 3.8) is 0 Å². The summed E-state index contributed by atoms with van der Waals surface area (Å²) in [6.45, 7) is 10.3. The third-order valence-electron chi connectivity index (χ3n) is 3.95. The molecule has 0 radical (unpaired) electrons. The van der Waals surface area contributed by atoms with Crippen LogP contribution in [-0.2, 0) is 4.74 Å². The molecule has 1 saturated heterocycles. The fourth-order valence-electron chi connectivity index (χ4n) is 2.75. The number of hydrogen-bond acceptors (Lipinski definition) is 4. The Morgan fingerprint density at radius 1 is 1.35 bits per heavy atom. The molecule has 0 saturated carbocycles. The summed E-state index contributed by atoms with van der Waals surface area (Å²) < 4.78 is 5.69. The third kappa shape index (κ3) is 3.93. The monoisotopic (exact) mass is 277 g/mol. The summed E-state index contributed by atoms with van der Waals surface area (Å²) in [6.07, 6.45) is 4.64. The van der Waals surface area contributed by atoms with E-state index in [9.17, 15) is 0 Å². The minimum absolute atomic E-state index is 0.366. The second kappa shape index (κ2) is 7.60. The number of nitrogens with zero attached hydrogens (tertiary/aromatic N) is 2. The average Bonchev–Trinajstić information content (AvgIpc) is 2.49. The van der Waals surface area contributed by atoms with E-state index >= 15 is 0 Å². The maximum atomic E-state index is 5.69. The molecule has 1 aliphatic rings. The van der Waals surface area contributed by atoms with Crippen LogP contribution in [0.25, 0.3) is 0 Å². The predicted molar refractivity (Wildman–Crippen MR) is 83.2 cm³/mol. The number of anilines is 1. The van der Waals surface area contributed by atoms with Crippen LogP contribution in [0, 0.1) is 0 Å². The highest BCUT2D eigenvalue weighted by molar-refractivity contribution is 5.40. The van der Waals surface area contributed by atoms with Gasteiger partial charge in [0.25, 0.3) is 0 Å². The van der Waals surface area contributed by atoms with Crippen molar-refractivity contribution in [3.05, 3.63) is 23.9 Å². The summed E-state index contributed by atoms with van der Waals surface area (Å²) in [5.41, 5.74) is 1.25. The Hall–Kier alpha value is -1.13. The van der Waals surface area contributed by atoms with Crippen LogP contribution >= 0.6 is 0 Å². The fraction of sp³-hybridized carbons (Fsp3) is 0.688. The molecule has 20 heavy (non-hydrogen) atoms. The first-order valence-electron chi connectivity index (χ1n) is 7.80. The summed E-state index contributed by atoms with van der Waals surface area (Å²) in [5, 5.41) is 3.41. The summed E-state index contributed by atoms with van der Waals surface area (Å²) in [5.74, 6) is 1.09. The van der Waals surface area contributed by atoms with E-state index in [1.54, 1.807) is 0 Å². The summed E-state index contributed by atoms with van der Waals surface area (Å²) in [4.78, 5) is 6.98.